The summed E-state index contributed by atoms with van der Waals surface area (Å²) in [5, 5.41) is 11.0. The number of carboxylic acid groups (broad SMARTS) is 1. The zero-order chi connectivity index (χ0) is 14.8. The average Bonchev–Trinajstić information content (AvgIpc) is 2.72. The molecule has 19 heavy (non-hydrogen) atoms. The molecule has 3 unspecified atom stereocenters. The van der Waals surface area contributed by atoms with Crippen molar-refractivity contribution in [3.63, 3.8) is 0 Å². The summed E-state index contributed by atoms with van der Waals surface area (Å²) in [4.78, 5) is 22.3. The van der Waals surface area contributed by atoms with Crippen LogP contribution in [0.5, 0.6) is 0 Å². The van der Waals surface area contributed by atoms with Crippen LogP contribution in [0.1, 0.15) is 26.2 Å². The highest BCUT2D eigenvalue weighted by molar-refractivity contribution is 5.86. The normalized spacial score (nSPS) is 26.8. The number of nitrogens with two attached hydrogens (primary N) is 1. The number of carboxylic acids is 1. The molecule has 1 aliphatic carbocycles. The monoisotopic (exact) mass is 282 g/mol. The minimum atomic E-state index is -4.85. The van der Waals surface area contributed by atoms with E-state index in [2.05, 4.69) is 5.32 Å². The first-order valence-corrected chi connectivity index (χ1v) is 5.94. The fourth-order valence-electron chi connectivity index (χ4n) is 2.14. The molecular weight excluding hydrogens is 265 g/mol. The van der Waals surface area contributed by atoms with Crippen LogP contribution in [0, 0.1) is 11.8 Å². The number of halogens is 3. The lowest BCUT2D eigenvalue weighted by atomic mass is 9.95. The van der Waals surface area contributed by atoms with E-state index in [0.717, 1.165) is 0 Å². The van der Waals surface area contributed by atoms with Gasteiger partial charge in [0.1, 0.15) is 0 Å². The van der Waals surface area contributed by atoms with Crippen molar-refractivity contribution in [2.45, 2.75) is 37.9 Å². The van der Waals surface area contributed by atoms with Crippen LogP contribution in [0.4, 0.5) is 13.2 Å². The van der Waals surface area contributed by atoms with E-state index in [1.54, 1.807) is 0 Å². The van der Waals surface area contributed by atoms with Gasteiger partial charge in [0.05, 0.1) is 5.92 Å². The molecule has 8 heteroatoms. The second-order valence-electron chi connectivity index (χ2n) is 5.05. The van der Waals surface area contributed by atoms with E-state index in [4.69, 9.17) is 10.8 Å². The zero-order valence-corrected chi connectivity index (χ0v) is 10.5. The van der Waals surface area contributed by atoms with E-state index in [9.17, 15) is 22.8 Å². The number of hydrogen-bond acceptors (Lipinski definition) is 3. The predicted octanol–water partition coefficient (Wildman–Crippen LogP) is 0.883. The second kappa shape index (κ2) is 5.36. The molecule has 1 aliphatic rings. The molecule has 1 amide bonds. The molecular formula is C11H17F3N2O3. The first-order chi connectivity index (χ1) is 8.57. The van der Waals surface area contributed by atoms with Crippen LogP contribution in [0.2, 0.25) is 0 Å². The third-order valence-electron chi connectivity index (χ3n) is 3.56. The molecule has 0 bridgehead atoms. The third kappa shape index (κ3) is 3.37. The van der Waals surface area contributed by atoms with E-state index < -0.39 is 29.5 Å². The number of aliphatic carboxylic acids is 1. The Morgan fingerprint density at radius 2 is 1.95 bits per heavy atom. The van der Waals surface area contributed by atoms with Crippen molar-refractivity contribution in [2.75, 3.05) is 6.54 Å². The topological polar surface area (TPSA) is 92.4 Å². The molecule has 0 radical (unpaired) electrons. The van der Waals surface area contributed by atoms with Crippen LogP contribution in [-0.4, -0.2) is 35.2 Å². The third-order valence-corrected chi connectivity index (χ3v) is 3.56. The Balaban J connectivity index is 2.58. The van der Waals surface area contributed by atoms with Crippen molar-refractivity contribution in [3.05, 3.63) is 0 Å². The molecule has 0 aliphatic heterocycles. The van der Waals surface area contributed by atoms with Crippen LogP contribution in [0.25, 0.3) is 0 Å². The van der Waals surface area contributed by atoms with Crippen LogP contribution < -0.4 is 11.1 Å². The Morgan fingerprint density at radius 1 is 1.37 bits per heavy atom. The molecule has 0 aromatic rings. The number of carbonyl (C=O) groups is 2. The molecule has 110 valence electrons. The lowest BCUT2D eigenvalue weighted by Crippen LogP contribution is -2.61. The lowest BCUT2D eigenvalue weighted by molar-refractivity contribution is -0.187. The summed E-state index contributed by atoms with van der Waals surface area (Å²) >= 11 is 0. The highest BCUT2D eigenvalue weighted by Crippen LogP contribution is 2.32. The fraction of sp³-hybridized carbons (Fsp3) is 0.818. The van der Waals surface area contributed by atoms with Gasteiger partial charge >= 0.3 is 12.1 Å². The number of hydrogen-bond donors (Lipinski definition) is 3. The van der Waals surface area contributed by atoms with Gasteiger partial charge in [-0.2, -0.15) is 13.2 Å². The molecule has 0 spiro atoms. The maximum Gasteiger partial charge on any atom is 0.415 e. The number of rotatable bonds is 4. The van der Waals surface area contributed by atoms with Gasteiger partial charge < -0.3 is 16.2 Å². The van der Waals surface area contributed by atoms with Crippen molar-refractivity contribution in [2.24, 2.45) is 17.6 Å². The van der Waals surface area contributed by atoms with E-state index >= 15 is 0 Å². The molecule has 1 rings (SSSR count). The highest BCUT2D eigenvalue weighted by atomic mass is 19.4. The first kappa shape index (κ1) is 15.7. The summed E-state index contributed by atoms with van der Waals surface area (Å²) in [6.45, 7) is 0.490. The Morgan fingerprint density at radius 3 is 2.42 bits per heavy atom. The van der Waals surface area contributed by atoms with Gasteiger partial charge in [-0.25, -0.2) is 0 Å². The molecule has 4 N–H and O–H groups in total. The predicted molar refractivity (Wildman–Crippen MR) is 60.1 cm³/mol. The molecule has 1 fully saturated rings. The number of nitrogens with one attached hydrogen (secondary N) is 1. The van der Waals surface area contributed by atoms with Gasteiger partial charge in [-0.05, 0) is 25.7 Å². The maximum absolute atomic E-state index is 12.5. The number of carbonyl (C=O) groups excluding carboxylic acids is 1. The quantitative estimate of drug-likeness (QED) is 0.713. The summed E-state index contributed by atoms with van der Waals surface area (Å²) < 4.78 is 37.5. The smallest absolute Gasteiger partial charge is 0.415 e. The molecule has 0 heterocycles. The maximum atomic E-state index is 12.5. The summed E-state index contributed by atoms with van der Waals surface area (Å²) in [6.07, 6.45) is -3.10. The Bertz CT molecular complexity index is 369. The van der Waals surface area contributed by atoms with Gasteiger partial charge in [-0.1, -0.05) is 6.42 Å². The number of amides is 1. The van der Waals surface area contributed by atoms with Gasteiger partial charge in [0.25, 0.3) is 0 Å². The van der Waals surface area contributed by atoms with Gasteiger partial charge in [0.2, 0.25) is 5.91 Å². The molecule has 3 atom stereocenters. The van der Waals surface area contributed by atoms with Crippen LogP contribution >= 0.6 is 0 Å². The molecule has 0 saturated heterocycles. The van der Waals surface area contributed by atoms with Crippen molar-refractivity contribution in [1.29, 1.82) is 0 Å². The molecule has 5 nitrogen and oxygen atoms in total. The summed E-state index contributed by atoms with van der Waals surface area (Å²) in [5.74, 6) is -3.28. The van der Waals surface area contributed by atoms with Gasteiger partial charge in [0.15, 0.2) is 5.54 Å². The summed E-state index contributed by atoms with van der Waals surface area (Å²) in [5.41, 5.74) is 2.00. The second-order valence-corrected chi connectivity index (χ2v) is 5.05. The van der Waals surface area contributed by atoms with Crippen molar-refractivity contribution >= 4 is 11.9 Å². The van der Waals surface area contributed by atoms with Crippen LogP contribution in [0.15, 0.2) is 0 Å². The minimum absolute atomic E-state index is 0.0985. The first-order valence-electron chi connectivity index (χ1n) is 5.94. The fourth-order valence-corrected chi connectivity index (χ4v) is 2.14. The van der Waals surface area contributed by atoms with Crippen molar-refractivity contribution < 1.29 is 27.9 Å². The van der Waals surface area contributed by atoms with Crippen molar-refractivity contribution in [3.8, 4) is 0 Å². The lowest BCUT2D eigenvalue weighted by Gasteiger charge is -2.27. The molecule has 0 aromatic carbocycles. The molecule has 1 saturated carbocycles. The SMILES string of the molecule is CC(N)(C(=O)NCC1CCCC1C(=O)O)C(F)(F)F. The Labute approximate surface area is 108 Å². The number of alkyl halides is 3. The minimum Gasteiger partial charge on any atom is -0.481 e. The van der Waals surface area contributed by atoms with Gasteiger partial charge in [-0.3, -0.25) is 9.59 Å². The van der Waals surface area contributed by atoms with E-state index in [-0.39, 0.29) is 12.5 Å². The Hall–Kier alpha value is -1.31. The van der Waals surface area contributed by atoms with Gasteiger partial charge in [0, 0.05) is 6.54 Å². The largest absolute Gasteiger partial charge is 0.481 e. The summed E-state index contributed by atoms with van der Waals surface area (Å²) in [7, 11) is 0. The van der Waals surface area contributed by atoms with Crippen molar-refractivity contribution in [1.82, 2.24) is 5.32 Å². The standard InChI is InChI=1S/C11H17F3N2O3/c1-10(15,11(12,13)14)9(19)16-5-6-3-2-4-7(6)8(17)18/h6-7H,2-5,15H2,1H3,(H,16,19)(H,17,18). The highest BCUT2D eigenvalue weighted by Gasteiger charge is 2.54. The summed E-state index contributed by atoms with van der Waals surface area (Å²) in [6, 6.07) is 0. The van der Waals surface area contributed by atoms with E-state index in [1.807, 2.05) is 0 Å². The van der Waals surface area contributed by atoms with Crippen LogP contribution in [-0.2, 0) is 9.59 Å². The van der Waals surface area contributed by atoms with E-state index in [0.29, 0.717) is 26.2 Å². The average molecular weight is 282 g/mol. The van der Waals surface area contributed by atoms with Crippen LogP contribution in [0.3, 0.4) is 0 Å². The molecule has 0 aromatic heterocycles. The van der Waals surface area contributed by atoms with Gasteiger partial charge in [-0.15, -0.1) is 0 Å². The Kier molecular flexibility index (Phi) is 4.44. The van der Waals surface area contributed by atoms with E-state index in [1.165, 1.54) is 0 Å². The zero-order valence-electron chi connectivity index (χ0n) is 10.5.